The fraction of sp³-hybridized carbons (Fsp3) is 0.312. The van der Waals surface area contributed by atoms with Gasteiger partial charge in [0, 0.05) is 22.2 Å². The van der Waals surface area contributed by atoms with Crippen LogP contribution >= 0.6 is 23.4 Å². The van der Waals surface area contributed by atoms with Gasteiger partial charge in [0.05, 0.1) is 0 Å². The van der Waals surface area contributed by atoms with Crippen molar-refractivity contribution < 1.29 is 0 Å². The van der Waals surface area contributed by atoms with Gasteiger partial charge in [0.2, 0.25) is 0 Å². The summed E-state index contributed by atoms with van der Waals surface area (Å²) in [6.07, 6.45) is 0. The summed E-state index contributed by atoms with van der Waals surface area (Å²) in [5.41, 5.74) is 3.41. The second-order valence-electron chi connectivity index (χ2n) is 4.76. The zero-order valence-electron chi connectivity index (χ0n) is 12.0. The van der Waals surface area contributed by atoms with Gasteiger partial charge in [0.25, 0.3) is 0 Å². The number of aromatic nitrogens is 1. The fourth-order valence-corrected chi connectivity index (χ4v) is 3.27. The van der Waals surface area contributed by atoms with E-state index < -0.39 is 0 Å². The van der Waals surface area contributed by atoms with E-state index >= 15 is 0 Å². The standard InChI is InChI=1S/C16H19ClN2S/c1-4-18-10-13-5-6-14(9-15(13)17)20-16-8-11(2)7-12(3)19-16/h5-9,18H,4,10H2,1-3H3. The maximum atomic E-state index is 6.32. The second kappa shape index (κ2) is 7.11. The number of nitrogens with one attached hydrogen (secondary N) is 1. The number of nitrogens with zero attached hydrogens (tertiary/aromatic N) is 1. The molecular weight excluding hydrogens is 288 g/mol. The molecule has 0 saturated heterocycles. The van der Waals surface area contributed by atoms with Gasteiger partial charge < -0.3 is 5.32 Å². The molecule has 0 atom stereocenters. The Labute approximate surface area is 130 Å². The van der Waals surface area contributed by atoms with Gasteiger partial charge in [-0.1, -0.05) is 36.4 Å². The van der Waals surface area contributed by atoms with E-state index in [4.69, 9.17) is 11.6 Å². The summed E-state index contributed by atoms with van der Waals surface area (Å²) in [5, 5.41) is 5.10. The fourth-order valence-electron chi connectivity index (χ4n) is 1.97. The predicted octanol–water partition coefficient (Wildman–Crippen LogP) is 4.61. The number of rotatable bonds is 5. The van der Waals surface area contributed by atoms with Gasteiger partial charge in [-0.25, -0.2) is 4.98 Å². The quantitative estimate of drug-likeness (QED) is 0.873. The van der Waals surface area contributed by atoms with E-state index in [-0.39, 0.29) is 0 Å². The summed E-state index contributed by atoms with van der Waals surface area (Å²) in [6.45, 7) is 7.94. The molecule has 0 aliphatic rings. The van der Waals surface area contributed by atoms with Crippen LogP contribution in [0, 0.1) is 13.8 Å². The number of hydrogen-bond acceptors (Lipinski definition) is 3. The lowest BCUT2D eigenvalue weighted by Gasteiger charge is -2.08. The molecule has 0 bridgehead atoms. The summed E-state index contributed by atoms with van der Waals surface area (Å²) in [7, 11) is 0. The smallest absolute Gasteiger partial charge is 0.101 e. The summed E-state index contributed by atoms with van der Waals surface area (Å²) >= 11 is 7.97. The molecule has 106 valence electrons. The average Bonchev–Trinajstić information content (AvgIpc) is 2.36. The van der Waals surface area contributed by atoms with Gasteiger partial charge in [-0.05, 0) is 55.8 Å². The van der Waals surface area contributed by atoms with Crippen LogP contribution < -0.4 is 5.32 Å². The Hall–Kier alpha value is -1.03. The molecule has 4 heteroatoms. The average molecular weight is 307 g/mol. The summed E-state index contributed by atoms with van der Waals surface area (Å²) in [5.74, 6) is 0. The Balaban J connectivity index is 2.15. The lowest BCUT2D eigenvalue weighted by atomic mass is 10.2. The van der Waals surface area contributed by atoms with Crippen LogP contribution in [-0.4, -0.2) is 11.5 Å². The van der Waals surface area contributed by atoms with Crippen LogP contribution in [0.1, 0.15) is 23.7 Å². The maximum absolute atomic E-state index is 6.32. The molecule has 1 aromatic carbocycles. The zero-order chi connectivity index (χ0) is 14.5. The van der Waals surface area contributed by atoms with Gasteiger partial charge in [-0.2, -0.15) is 0 Å². The molecule has 0 fully saturated rings. The van der Waals surface area contributed by atoms with Crippen molar-refractivity contribution in [3.8, 4) is 0 Å². The van der Waals surface area contributed by atoms with Crippen molar-refractivity contribution in [2.75, 3.05) is 6.54 Å². The first-order valence-electron chi connectivity index (χ1n) is 6.70. The van der Waals surface area contributed by atoms with Gasteiger partial charge in [0.1, 0.15) is 5.03 Å². The first-order chi connectivity index (χ1) is 9.58. The third-order valence-electron chi connectivity index (χ3n) is 2.89. The lowest BCUT2D eigenvalue weighted by Crippen LogP contribution is -2.11. The van der Waals surface area contributed by atoms with Crippen LogP contribution in [0.5, 0.6) is 0 Å². The minimum absolute atomic E-state index is 0.806. The van der Waals surface area contributed by atoms with Crippen LogP contribution in [0.3, 0.4) is 0 Å². The minimum Gasteiger partial charge on any atom is -0.313 e. The highest BCUT2D eigenvalue weighted by atomic mass is 35.5. The molecule has 0 aliphatic heterocycles. The van der Waals surface area contributed by atoms with Gasteiger partial charge in [-0.3, -0.25) is 0 Å². The highest BCUT2D eigenvalue weighted by molar-refractivity contribution is 7.99. The largest absolute Gasteiger partial charge is 0.313 e. The van der Waals surface area contributed by atoms with E-state index in [9.17, 15) is 0 Å². The van der Waals surface area contributed by atoms with Crippen molar-refractivity contribution in [1.82, 2.24) is 10.3 Å². The molecule has 20 heavy (non-hydrogen) atoms. The molecular formula is C16H19ClN2S. The zero-order valence-corrected chi connectivity index (χ0v) is 13.6. The van der Waals surface area contributed by atoms with Crippen molar-refractivity contribution in [2.24, 2.45) is 0 Å². The van der Waals surface area contributed by atoms with Crippen molar-refractivity contribution in [3.05, 3.63) is 52.2 Å². The highest BCUT2D eigenvalue weighted by Crippen LogP contribution is 2.30. The molecule has 0 amide bonds. The lowest BCUT2D eigenvalue weighted by molar-refractivity contribution is 0.726. The van der Waals surface area contributed by atoms with Crippen LogP contribution in [0.2, 0.25) is 5.02 Å². The van der Waals surface area contributed by atoms with Gasteiger partial charge in [-0.15, -0.1) is 0 Å². The SMILES string of the molecule is CCNCc1ccc(Sc2cc(C)cc(C)n2)cc1Cl. The van der Waals surface area contributed by atoms with Crippen LogP contribution in [-0.2, 0) is 6.54 Å². The number of halogens is 1. The molecule has 0 saturated carbocycles. The molecule has 0 spiro atoms. The molecule has 2 aromatic rings. The Morgan fingerprint density at radius 1 is 1.20 bits per heavy atom. The van der Waals surface area contributed by atoms with E-state index in [1.807, 2.05) is 13.0 Å². The van der Waals surface area contributed by atoms with Crippen LogP contribution in [0.25, 0.3) is 0 Å². The predicted molar refractivity (Wildman–Crippen MR) is 86.7 cm³/mol. The van der Waals surface area contributed by atoms with Gasteiger partial charge in [0.15, 0.2) is 0 Å². The molecule has 2 rings (SSSR count). The van der Waals surface area contributed by atoms with Crippen molar-refractivity contribution >= 4 is 23.4 Å². The van der Waals surface area contributed by atoms with Crippen molar-refractivity contribution in [2.45, 2.75) is 37.2 Å². The third kappa shape index (κ3) is 4.23. The molecule has 1 aromatic heterocycles. The Morgan fingerprint density at radius 3 is 2.65 bits per heavy atom. The van der Waals surface area contributed by atoms with Crippen molar-refractivity contribution in [1.29, 1.82) is 0 Å². The van der Waals surface area contributed by atoms with Gasteiger partial charge >= 0.3 is 0 Å². The van der Waals surface area contributed by atoms with E-state index in [1.165, 1.54) is 5.56 Å². The summed E-state index contributed by atoms with van der Waals surface area (Å²) in [4.78, 5) is 5.66. The summed E-state index contributed by atoms with van der Waals surface area (Å²) < 4.78 is 0. The van der Waals surface area contributed by atoms with Crippen LogP contribution in [0.4, 0.5) is 0 Å². The Bertz CT molecular complexity index is 579. The van der Waals surface area contributed by atoms with E-state index in [1.54, 1.807) is 11.8 Å². The first kappa shape index (κ1) is 15.4. The number of pyridine rings is 1. The Kier molecular flexibility index (Phi) is 5.46. The monoisotopic (exact) mass is 306 g/mol. The third-order valence-corrected chi connectivity index (χ3v) is 4.15. The van der Waals surface area contributed by atoms with E-state index in [0.717, 1.165) is 39.3 Å². The summed E-state index contributed by atoms with van der Waals surface area (Å²) in [6, 6.07) is 10.4. The number of benzene rings is 1. The molecule has 1 heterocycles. The molecule has 0 radical (unpaired) electrons. The normalized spacial score (nSPS) is 10.8. The highest BCUT2D eigenvalue weighted by Gasteiger charge is 2.05. The molecule has 2 nitrogen and oxygen atoms in total. The van der Waals surface area contributed by atoms with Crippen molar-refractivity contribution in [3.63, 3.8) is 0 Å². The molecule has 0 aliphatic carbocycles. The number of hydrogen-bond donors (Lipinski definition) is 1. The second-order valence-corrected chi connectivity index (χ2v) is 6.26. The number of aryl methyl sites for hydroxylation is 2. The first-order valence-corrected chi connectivity index (χ1v) is 7.90. The molecule has 1 N–H and O–H groups in total. The molecule has 0 unspecified atom stereocenters. The van der Waals surface area contributed by atoms with Crippen LogP contribution in [0.15, 0.2) is 40.3 Å². The van der Waals surface area contributed by atoms with E-state index in [2.05, 4.69) is 48.4 Å². The van der Waals surface area contributed by atoms with E-state index in [0.29, 0.717) is 0 Å². The topological polar surface area (TPSA) is 24.9 Å². The Morgan fingerprint density at radius 2 is 2.00 bits per heavy atom. The minimum atomic E-state index is 0.806. The maximum Gasteiger partial charge on any atom is 0.101 e.